The van der Waals surface area contributed by atoms with Crippen LogP contribution in [0.5, 0.6) is 0 Å². The fourth-order valence-corrected chi connectivity index (χ4v) is 1.68. The third-order valence-corrected chi connectivity index (χ3v) is 2.91. The zero-order valence-electron chi connectivity index (χ0n) is 9.32. The van der Waals surface area contributed by atoms with Crippen molar-refractivity contribution in [2.24, 2.45) is 11.1 Å². The van der Waals surface area contributed by atoms with Crippen LogP contribution in [0.1, 0.15) is 5.56 Å². The van der Waals surface area contributed by atoms with Crippen LogP contribution in [0, 0.1) is 12.3 Å². The summed E-state index contributed by atoms with van der Waals surface area (Å²) in [7, 11) is 0. The molecule has 1 aromatic carbocycles. The van der Waals surface area contributed by atoms with Crippen LogP contribution >= 0.6 is 0 Å². The third kappa shape index (κ3) is 1.94. The molecule has 4 heteroatoms. The largest absolute Gasteiger partial charge is 0.379 e. The molecule has 1 aliphatic heterocycles. The van der Waals surface area contributed by atoms with Crippen molar-refractivity contribution in [3.63, 3.8) is 0 Å². The minimum absolute atomic E-state index is 0.0492. The van der Waals surface area contributed by atoms with Crippen LogP contribution in [0.3, 0.4) is 0 Å². The second-order valence-electron chi connectivity index (χ2n) is 4.30. The number of rotatable bonds is 3. The van der Waals surface area contributed by atoms with Crippen LogP contribution in [0.15, 0.2) is 24.3 Å². The average Bonchev–Trinajstić information content (AvgIpc) is 2.16. The predicted molar refractivity (Wildman–Crippen MR) is 62.1 cm³/mol. The molecular formula is C12H16N2O2. The van der Waals surface area contributed by atoms with Crippen LogP contribution in [0.4, 0.5) is 5.69 Å². The van der Waals surface area contributed by atoms with Gasteiger partial charge in [0, 0.05) is 12.2 Å². The minimum Gasteiger partial charge on any atom is -0.379 e. The van der Waals surface area contributed by atoms with Gasteiger partial charge in [-0.15, -0.1) is 0 Å². The molecule has 1 saturated heterocycles. The Morgan fingerprint density at radius 3 is 2.81 bits per heavy atom. The molecule has 1 aromatic rings. The van der Waals surface area contributed by atoms with E-state index in [1.165, 1.54) is 0 Å². The summed E-state index contributed by atoms with van der Waals surface area (Å²) < 4.78 is 5.07. The number of carbonyl (C=O) groups excluding carboxylic acids is 1. The molecule has 0 atom stereocenters. The molecule has 1 amide bonds. The van der Waals surface area contributed by atoms with Gasteiger partial charge in [-0.2, -0.15) is 0 Å². The normalized spacial score (nSPS) is 17.6. The van der Waals surface area contributed by atoms with Gasteiger partial charge in [-0.3, -0.25) is 4.79 Å². The van der Waals surface area contributed by atoms with E-state index >= 15 is 0 Å². The minimum atomic E-state index is -0.524. The highest BCUT2D eigenvalue weighted by Gasteiger charge is 2.44. The highest BCUT2D eigenvalue weighted by atomic mass is 16.5. The Kier molecular flexibility index (Phi) is 2.94. The Balaban J connectivity index is 2.07. The molecule has 0 radical (unpaired) electrons. The lowest BCUT2D eigenvalue weighted by Gasteiger charge is -2.38. The smallest absolute Gasteiger partial charge is 0.236 e. The summed E-state index contributed by atoms with van der Waals surface area (Å²) in [5.74, 6) is -0.0492. The molecule has 0 aromatic heterocycles. The first-order valence-corrected chi connectivity index (χ1v) is 5.32. The number of anilines is 1. The molecule has 1 heterocycles. The van der Waals surface area contributed by atoms with E-state index in [1.54, 1.807) is 0 Å². The van der Waals surface area contributed by atoms with E-state index in [-0.39, 0.29) is 5.91 Å². The van der Waals surface area contributed by atoms with Crippen molar-refractivity contribution in [1.29, 1.82) is 0 Å². The molecule has 86 valence electrons. The van der Waals surface area contributed by atoms with Gasteiger partial charge in [0.2, 0.25) is 5.91 Å². The van der Waals surface area contributed by atoms with E-state index in [9.17, 15) is 4.79 Å². The van der Waals surface area contributed by atoms with E-state index in [2.05, 4.69) is 5.32 Å². The third-order valence-electron chi connectivity index (χ3n) is 2.91. The highest BCUT2D eigenvalue weighted by molar-refractivity contribution is 5.96. The number of nitrogens with two attached hydrogens (primary N) is 1. The number of benzene rings is 1. The van der Waals surface area contributed by atoms with Crippen molar-refractivity contribution in [2.45, 2.75) is 6.92 Å². The summed E-state index contributed by atoms with van der Waals surface area (Å²) in [5.41, 5.74) is 7.01. The highest BCUT2D eigenvalue weighted by Crippen LogP contribution is 2.27. The Labute approximate surface area is 94.8 Å². The van der Waals surface area contributed by atoms with Crippen molar-refractivity contribution in [1.82, 2.24) is 0 Å². The van der Waals surface area contributed by atoms with Gasteiger partial charge < -0.3 is 15.8 Å². The molecule has 3 N–H and O–H groups in total. The van der Waals surface area contributed by atoms with Gasteiger partial charge in [-0.1, -0.05) is 12.1 Å². The van der Waals surface area contributed by atoms with Gasteiger partial charge in [-0.05, 0) is 24.6 Å². The number of hydrogen-bond acceptors (Lipinski definition) is 3. The van der Waals surface area contributed by atoms with Crippen molar-refractivity contribution in [3.05, 3.63) is 29.8 Å². The molecular weight excluding hydrogens is 204 g/mol. The number of hydrogen-bond donors (Lipinski definition) is 2. The number of carbonyl (C=O) groups is 1. The molecule has 1 aliphatic rings. The monoisotopic (exact) mass is 220 g/mol. The van der Waals surface area contributed by atoms with Crippen LogP contribution in [0.25, 0.3) is 0 Å². The quantitative estimate of drug-likeness (QED) is 0.795. The summed E-state index contributed by atoms with van der Waals surface area (Å²) in [6, 6.07) is 7.70. The van der Waals surface area contributed by atoms with Gasteiger partial charge in [0.25, 0.3) is 0 Å². The van der Waals surface area contributed by atoms with Crippen LogP contribution in [-0.2, 0) is 9.53 Å². The zero-order chi connectivity index (χ0) is 11.6. The van der Waals surface area contributed by atoms with E-state index < -0.39 is 5.41 Å². The SMILES string of the molecule is Cc1cccc(NC(=O)C2(CN)COC2)c1. The number of amides is 1. The topological polar surface area (TPSA) is 64.4 Å². The first kappa shape index (κ1) is 11.1. The number of ether oxygens (including phenoxy) is 1. The van der Waals surface area contributed by atoms with Crippen molar-refractivity contribution in [3.8, 4) is 0 Å². The van der Waals surface area contributed by atoms with Gasteiger partial charge >= 0.3 is 0 Å². The van der Waals surface area contributed by atoms with E-state index in [1.807, 2.05) is 31.2 Å². The number of nitrogens with one attached hydrogen (secondary N) is 1. The van der Waals surface area contributed by atoms with Gasteiger partial charge in [0.1, 0.15) is 5.41 Å². The lowest BCUT2D eigenvalue weighted by Crippen LogP contribution is -2.56. The van der Waals surface area contributed by atoms with Crippen molar-refractivity contribution in [2.75, 3.05) is 25.1 Å². The maximum Gasteiger partial charge on any atom is 0.236 e. The molecule has 0 bridgehead atoms. The number of aryl methyl sites for hydroxylation is 1. The lowest BCUT2D eigenvalue weighted by molar-refractivity contribution is -0.153. The first-order chi connectivity index (χ1) is 7.66. The first-order valence-electron chi connectivity index (χ1n) is 5.32. The molecule has 0 spiro atoms. The van der Waals surface area contributed by atoms with Crippen LogP contribution in [-0.4, -0.2) is 25.7 Å². The summed E-state index contributed by atoms with van der Waals surface area (Å²) in [6.07, 6.45) is 0. The second-order valence-corrected chi connectivity index (χ2v) is 4.30. The summed E-state index contributed by atoms with van der Waals surface area (Å²) >= 11 is 0. The van der Waals surface area contributed by atoms with E-state index in [4.69, 9.17) is 10.5 Å². The van der Waals surface area contributed by atoms with Gasteiger partial charge in [0.05, 0.1) is 13.2 Å². The Hall–Kier alpha value is -1.39. The molecule has 1 fully saturated rings. The van der Waals surface area contributed by atoms with E-state index in [0.717, 1.165) is 11.3 Å². The lowest BCUT2D eigenvalue weighted by atomic mass is 9.85. The Bertz CT molecular complexity index is 394. The van der Waals surface area contributed by atoms with E-state index in [0.29, 0.717) is 19.8 Å². The molecule has 0 aliphatic carbocycles. The zero-order valence-corrected chi connectivity index (χ0v) is 9.32. The molecule has 4 nitrogen and oxygen atoms in total. The second kappa shape index (κ2) is 4.23. The average molecular weight is 220 g/mol. The molecule has 0 unspecified atom stereocenters. The Morgan fingerprint density at radius 1 is 1.56 bits per heavy atom. The van der Waals surface area contributed by atoms with Gasteiger partial charge in [-0.25, -0.2) is 0 Å². The van der Waals surface area contributed by atoms with Crippen LogP contribution in [0.2, 0.25) is 0 Å². The predicted octanol–water partition coefficient (Wildman–Crippen LogP) is 0.909. The summed E-state index contributed by atoms with van der Waals surface area (Å²) in [5, 5.41) is 2.88. The summed E-state index contributed by atoms with van der Waals surface area (Å²) in [6.45, 7) is 3.15. The molecule has 16 heavy (non-hydrogen) atoms. The maximum absolute atomic E-state index is 12.0. The Morgan fingerprint density at radius 2 is 2.31 bits per heavy atom. The molecule has 0 saturated carbocycles. The fraction of sp³-hybridized carbons (Fsp3) is 0.417. The van der Waals surface area contributed by atoms with Crippen LogP contribution < -0.4 is 11.1 Å². The van der Waals surface area contributed by atoms with Gasteiger partial charge in [0.15, 0.2) is 0 Å². The fourth-order valence-electron chi connectivity index (χ4n) is 1.68. The maximum atomic E-state index is 12.0. The standard InChI is InChI=1S/C12H16N2O2/c1-9-3-2-4-10(5-9)14-11(15)12(6-13)7-16-8-12/h2-5H,6-8,13H2,1H3,(H,14,15). The summed E-state index contributed by atoms with van der Waals surface area (Å²) in [4.78, 5) is 12.0. The van der Waals surface area contributed by atoms with Crippen molar-refractivity contribution >= 4 is 11.6 Å². The molecule has 2 rings (SSSR count). The van der Waals surface area contributed by atoms with Crippen molar-refractivity contribution < 1.29 is 9.53 Å².